The van der Waals surface area contributed by atoms with Gasteiger partial charge in [-0.2, -0.15) is 13.2 Å². The third-order valence-corrected chi connectivity index (χ3v) is 3.16. The van der Waals surface area contributed by atoms with Crippen molar-refractivity contribution in [3.8, 4) is 0 Å². The van der Waals surface area contributed by atoms with Gasteiger partial charge in [0.15, 0.2) is 0 Å². The summed E-state index contributed by atoms with van der Waals surface area (Å²) in [6, 6.07) is 2.73. The first-order valence-electron chi connectivity index (χ1n) is 4.72. The van der Waals surface area contributed by atoms with E-state index in [0.29, 0.717) is 0 Å². The van der Waals surface area contributed by atoms with Crippen molar-refractivity contribution in [2.24, 2.45) is 0 Å². The van der Waals surface area contributed by atoms with Crippen LogP contribution in [0.3, 0.4) is 0 Å². The number of hydrogen-bond donors (Lipinski definition) is 0. The molecule has 0 aromatic heterocycles. The van der Waals surface area contributed by atoms with E-state index in [9.17, 15) is 22.4 Å². The second-order valence-electron chi connectivity index (χ2n) is 3.59. The Balaban J connectivity index is 3.01. The predicted octanol–water partition coefficient (Wildman–Crippen LogP) is 3.74. The lowest BCUT2D eigenvalue weighted by Crippen LogP contribution is -2.14. The summed E-state index contributed by atoms with van der Waals surface area (Å²) in [5.41, 5.74) is -1.05. The lowest BCUT2D eigenvalue weighted by atomic mass is 10.0. The summed E-state index contributed by atoms with van der Waals surface area (Å²) in [7, 11) is 0. The van der Waals surface area contributed by atoms with E-state index >= 15 is 0 Å². The van der Waals surface area contributed by atoms with Gasteiger partial charge in [-0.05, 0) is 31.0 Å². The molecule has 6 heteroatoms. The quantitative estimate of drug-likeness (QED) is 0.614. The average molecular weight is 313 g/mol. The second-order valence-corrected chi connectivity index (χ2v) is 4.70. The summed E-state index contributed by atoms with van der Waals surface area (Å²) in [6.45, 7) is 1.33. The van der Waals surface area contributed by atoms with Crippen LogP contribution in [0, 0.1) is 5.82 Å². The molecule has 0 bridgehead atoms. The molecule has 0 aliphatic carbocycles. The van der Waals surface area contributed by atoms with Crippen molar-refractivity contribution in [3.63, 3.8) is 0 Å². The van der Waals surface area contributed by atoms with Crippen LogP contribution in [-0.2, 0) is 17.4 Å². The number of hydrogen-bond acceptors (Lipinski definition) is 1. The van der Waals surface area contributed by atoms with Gasteiger partial charge in [-0.3, -0.25) is 4.79 Å². The van der Waals surface area contributed by atoms with E-state index in [2.05, 4.69) is 15.9 Å². The fourth-order valence-electron chi connectivity index (χ4n) is 1.27. The predicted molar refractivity (Wildman–Crippen MR) is 58.5 cm³/mol. The van der Waals surface area contributed by atoms with E-state index in [4.69, 9.17) is 0 Å². The summed E-state index contributed by atoms with van der Waals surface area (Å²) in [5, 5.41) is 0. The second kappa shape index (κ2) is 5.16. The van der Waals surface area contributed by atoms with Gasteiger partial charge in [-0.1, -0.05) is 22.0 Å². The van der Waals surface area contributed by atoms with Gasteiger partial charge >= 0.3 is 6.18 Å². The van der Waals surface area contributed by atoms with E-state index in [1.807, 2.05) is 0 Å². The third kappa shape index (κ3) is 3.80. The highest BCUT2D eigenvalue weighted by atomic mass is 79.9. The van der Waals surface area contributed by atoms with Crippen LogP contribution in [0.4, 0.5) is 17.6 Å². The first-order valence-corrected chi connectivity index (χ1v) is 5.63. The molecule has 0 spiro atoms. The van der Waals surface area contributed by atoms with Crippen molar-refractivity contribution in [1.82, 2.24) is 0 Å². The van der Waals surface area contributed by atoms with Crippen LogP contribution in [0.25, 0.3) is 0 Å². The lowest BCUT2D eigenvalue weighted by Gasteiger charge is -2.11. The number of benzene rings is 1. The normalized spacial score (nSPS) is 13.5. The number of carbonyl (C=O) groups excluding carboxylic acids is 1. The molecule has 94 valence electrons. The van der Waals surface area contributed by atoms with Crippen LogP contribution >= 0.6 is 15.9 Å². The van der Waals surface area contributed by atoms with Gasteiger partial charge in [0, 0.05) is 0 Å². The first kappa shape index (κ1) is 14.2. The molecule has 17 heavy (non-hydrogen) atoms. The topological polar surface area (TPSA) is 17.1 Å². The van der Waals surface area contributed by atoms with Gasteiger partial charge in [0.1, 0.15) is 11.6 Å². The zero-order chi connectivity index (χ0) is 13.2. The number of ketones is 1. The van der Waals surface area contributed by atoms with Crippen molar-refractivity contribution in [2.75, 3.05) is 0 Å². The Morgan fingerprint density at radius 2 is 2.00 bits per heavy atom. The monoisotopic (exact) mass is 312 g/mol. The van der Waals surface area contributed by atoms with Crippen LogP contribution in [0.5, 0.6) is 0 Å². The minimum absolute atomic E-state index is 0.0959. The zero-order valence-corrected chi connectivity index (χ0v) is 10.4. The van der Waals surface area contributed by atoms with Crippen LogP contribution in [0.1, 0.15) is 18.1 Å². The maximum absolute atomic E-state index is 13.0. The molecule has 0 N–H and O–H groups in total. The van der Waals surface area contributed by atoms with Gasteiger partial charge in [0.2, 0.25) is 0 Å². The molecule has 0 amide bonds. The first-order chi connectivity index (χ1) is 7.71. The molecule has 1 nitrogen and oxygen atoms in total. The van der Waals surface area contributed by atoms with E-state index in [0.717, 1.165) is 12.1 Å². The highest BCUT2D eigenvalue weighted by Gasteiger charge is 2.34. The van der Waals surface area contributed by atoms with E-state index in [1.165, 1.54) is 13.0 Å². The molecule has 0 saturated carbocycles. The molecular weight excluding hydrogens is 304 g/mol. The molecular formula is C11H9BrF4O. The molecule has 0 aliphatic heterocycles. The number of alkyl halides is 4. The molecule has 0 fully saturated rings. The Labute approximate surface area is 104 Å². The van der Waals surface area contributed by atoms with Gasteiger partial charge in [0.05, 0.1) is 10.4 Å². The fraction of sp³-hybridized carbons (Fsp3) is 0.364. The fourth-order valence-corrected chi connectivity index (χ4v) is 1.64. The van der Waals surface area contributed by atoms with Crippen LogP contribution < -0.4 is 0 Å². The number of Topliss-reactive ketones (excluding diaryl/α,β-unsaturated/α-hetero) is 1. The summed E-state index contributed by atoms with van der Waals surface area (Å²) in [4.78, 5) is 10.4. The van der Waals surface area contributed by atoms with Crippen molar-refractivity contribution < 1.29 is 22.4 Å². The molecule has 0 heterocycles. The Morgan fingerprint density at radius 1 is 1.41 bits per heavy atom. The summed E-state index contributed by atoms with van der Waals surface area (Å²) in [5.74, 6) is -1.50. The Bertz CT molecular complexity index is 428. The van der Waals surface area contributed by atoms with E-state index in [-0.39, 0.29) is 17.8 Å². The average Bonchev–Trinajstić information content (AvgIpc) is 2.19. The highest BCUT2D eigenvalue weighted by molar-refractivity contribution is 9.10. The van der Waals surface area contributed by atoms with Gasteiger partial charge in [0.25, 0.3) is 0 Å². The maximum Gasteiger partial charge on any atom is 0.419 e. The van der Waals surface area contributed by atoms with Crippen LogP contribution in [0.2, 0.25) is 0 Å². The van der Waals surface area contributed by atoms with Crippen molar-refractivity contribution in [3.05, 3.63) is 35.1 Å². The highest BCUT2D eigenvalue weighted by Crippen LogP contribution is 2.32. The molecule has 0 aliphatic rings. The van der Waals surface area contributed by atoms with Gasteiger partial charge < -0.3 is 0 Å². The van der Waals surface area contributed by atoms with Crippen molar-refractivity contribution in [2.45, 2.75) is 24.3 Å². The minimum atomic E-state index is -4.72. The molecule has 1 aromatic rings. The van der Waals surface area contributed by atoms with Crippen molar-refractivity contribution >= 4 is 21.7 Å². The zero-order valence-electron chi connectivity index (χ0n) is 8.81. The number of rotatable bonds is 3. The SMILES string of the molecule is CC(=O)C(Br)Cc1ccc(F)c(C(F)(F)F)c1. The molecule has 1 unspecified atom stereocenters. The lowest BCUT2D eigenvalue weighted by molar-refractivity contribution is -0.140. The summed E-state index contributed by atoms with van der Waals surface area (Å²) in [6.07, 6.45) is -4.63. The van der Waals surface area contributed by atoms with Crippen LogP contribution in [0.15, 0.2) is 18.2 Å². The molecule has 0 saturated heterocycles. The standard InChI is InChI=1S/C11H9BrF4O/c1-6(17)9(12)5-7-2-3-10(13)8(4-7)11(14,15)16/h2-4,9H,5H2,1H3. The molecule has 1 atom stereocenters. The van der Waals surface area contributed by atoms with Crippen LogP contribution in [-0.4, -0.2) is 10.6 Å². The van der Waals surface area contributed by atoms with E-state index in [1.54, 1.807) is 0 Å². The molecule has 1 rings (SSSR count). The van der Waals surface area contributed by atoms with E-state index < -0.39 is 22.4 Å². The van der Waals surface area contributed by atoms with Gasteiger partial charge in [-0.25, -0.2) is 4.39 Å². The largest absolute Gasteiger partial charge is 0.419 e. The Morgan fingerprint density at radius 3 is 2.47 bits per heavy atom. The summed E-state index contributed by atoms with van der Waals surface area (Å²) >= 11 is 3.05. The third-order valence-electron chi connectivity index (χ3n) is 2.19. The summed E-state index contributed by atoms with van der Waals surface area (Å²) < 4.78 is 50.2. The molecule has 0 radical (unpaired) electrons. The molecule has 1 aromatic carbocycles. The minimum Gasteiger partial charge on any atom is -0.299 e. The van der Waals surface area contributed by atoms with Crippen molar-refractivity contribution in [1.29, 1.82) is 0 Å². The Hall–Kier alpha value is -0.910. The van der Waals surface area contributed by atoms with Gasteiger partial charge in [-0.15, -0.1) is 0 Å². The maximum atomic E-state index is 13.0. The Kier molecular flexibility index (Phi) is 4.30. The smallest absolute Gasteiger partial charge is 0.299 e. The number of halogens is 5. The number of carbonyl (C=O) groups is 1.